The highest BCUT2D eigenvalue weighted by molar-refractivity contribution is 6.09. The fraction of sp³-hybridized carbons (Fsp3) is 0.417. The van der Waals surface area contributed by atoms with Crippen LogP contribution in [-0.2, 0) is 4.79 Å². The number of H-pyrrole nitrogens is 1. The summed E-state index contributed by atoms with van der Waals surface area (Å²) in [6.07, 6.45) is 2.19. The molecule has 1 aliphatic heterocycles. The predicted octanol–water partition coefficient (Wildman–Crippen LogP) is 3.16. The third-order valence-corrected chi connectivity index (χ3v) is 6.38. The van der Waals surface area contributed by atoms with Crippen molar-refractivity contribution >= 4 is 22.8 Å². The van der Waals surface area contributed by atoms with E-state index in [2.05, 4.69) is 20.3 Å². The Bertz CT molecular complexity index is 1270. The molecule has 10 heteroatoms. The van der Waals surface area contributed by atoms with Crippen LogP contribution in [0.15, 0.2) is 24.5 Å². The lowest BCUT2D eigenvalue weighted by molar-refractivity contribution is -0.128. The number of alkyl halides is 1. The molecule has 2 N–H and O–H groups in total. The minimum atomic E-state index is -1.36. The zero-order chi connectivity index (χ0) is 24.0. The number of carbonyl (C=O) groups is 2. The smallest absolute Gasteiger partial charge is 0.255 e. The van der Waals surface area contributed by atoms with Crippen molar-refractivity contribution in [1.29, 1.82) is 0 Å². The summed E-state index contributed by atoms with van der Waals surface area (Å²) in [5, 5.41) is 2.70. The number of aryl methyl sites for hydroxylation is 1. The van der Waals surface area contributed by atoms with Gasteiger partial charge in [0.05, 0.1) is 30.3 Å². The SMILES string of the molecule is CC(=O)N1C[C@H](F)[C@H](NC(=O)c2c(C)[nH]c3c(-c4cc(F)ccc4OCC4CC4)ncnc23)C1. The van der Waals surface area contributed by atoms with Gasteiger partial charge in [-0.15, -0.1) is 0 Å². The molecule has 2 aromatic heterocycles. The lowest BCUT2D eigenvalue weighted by Crippen LogP contribution is -2.41. The summed E-state index contributed by atoms with van der Waals surface area (Å²) in [6.45, 7) is 3.68. The molecule has 34 heavy (non-hydrogen) atoms. The van der Waals surface area contributed by atoms with Crippen LogP contribution in [0, 0.1) is 18.7 Å². The number of aromatic amines is 1. The maximum atomic E-state index is 14.4. The molecule has 2 amide bonds. The molecule has 2 atom stereocenters. The molecule has 178 valence electrons. The molecule has 1 saturated carbocycles. The highest BCUT2D eigenvalue weighted by Crippen LogP contribution is 2.36. The van der Waals surface area contributed by atoms with E-state index in [0.29, 0.717) is 46.3 Å². The van der Waals surface area contributed by atoms with Crippen molar-refractivity contribution < 1.29 is 23.1 Å². The van der Waals surface area contributed by atoms with Gasteiger partial charge >= 0.3 is 0 Å². The molecule has 0 spiro atoms. The van der Waals surface area contributed by atoms with Crippen LogP contribution in [0.1, 0.15) is 35.8 Å². The predicted molar refractivity (Wildman–Crippen MR) is 121 cm³/mol. The van der Waals surface area contributed by atoms with Crippen LogP contribution >= 0.6 is 0 Å². The van der Waals surface area contributed by atoms with Crippen molar-refractivity contribution in [2.75, 3.05) is 19.7 Å². The Balaban J connectivity index is 1.48. The molecule has 0 unspecified atom stereocenters. The van der Waals surface area contributed by atoms with Crippen LogP contribution in [0.4, 0.5) is 8.78 Å². The average Bonchev–Trinajstić information content (AvgIpc) is 3.46. The van der Waals surface area contributed by atoms with Gasteiger partial charge in [-0.25, -0.2) is 18.7 Å². The van der Waals surface area contributed by atoms with E-state index in [4.69, 9.17) is 4.74 Å². The van der Waals surface area contributed by atoms with E-state index < -0.39 is 23.9 Å². The maximum Gasteiger partial charge on any atom is 0.255 e. The third kappa shape index (κ3) is 4.20. The first-order valence-corrected chi connectivity index (χ1v) is 11.3. The molecule has 1 saturated heterocycles. The van der Waals surface area contributed by atoms with Gasteiger partial charge in [-0.3, -0.25) is 9.59 Å². The summed E-state index contributed by atoms with van der Waals surface area (Å²) >= 11 is 0. The molecule has 3 aromatic rings. The van der Waals surface area contributed by atoms with Crippen molar-refractivity contribution in [2.45, 2.75) is 38.9 Å². The van der Waals surface area contributed by atoms with Crippen LogP contribution in [0.2, 0.25) is 0 Å². The van der Waals surface area contributed by atoms with Gasteiger partial charge in [-0.2, -0.15) is 0 Å². The van der Waals surface area contributed by atoms with Gasteiger partial charge in [0.1, 0.15) is 35.3 Å². The molecule has 0 radical (unpaired) electrons. The Morgan fingerprint density at radius 1 is 1.26 bits per heavy atom. The van der Waals surface area contributed by atoms with E-state index in [1.165, 1.54) is 30.3 Å². The first-order chi connectivity index (χ1) is 16.3. The molecular formula is C24H25F2N5O3. The van der Waals surface area contributed by atoms with Crippen LogP contribution in [0.3, 0.4) is 0 Å². The monoisotopic (exact) mass is 469 g/mol. The summed E-state index contributed by atoms with van der Waals surface area (Å²) < 4.78 is 34.5. The number of nitrogens with one attached hydrogen (secondary N) is 2. The van der Waals surface area contributed by atoms with Crippen molar-refractivity contribution in [1.82, 2.24) is 25.2 Å². The lowest BCUT2D eigenvalue weighted by atomic mass is 10.1. The van der Waals surface area contributed by atoms with E-state index in [1.54, 1.807) is 13.0 Å². The van der Waals surface area contributed by atoms with E-state index in [-0.39, 0.29) is 24.6 Å². The minimum Gasteiger partial charge on any atom is -0.493 e. The van der Waals surface area contributed by atoms with Crippen molar-refractivity contribution in [3.05, 3.63) is 41.6 Å². The van der Waals surface area contributed by atoms with Gasteiger partial charge in [0, 0.05) is 24.7 Å². The van der Waals surface area contributed by atoms with Gasteiger partial charge in [-0.05, 0) is 43.9 Å². The first kappa shape index (κ1) is 22.2. The zero-order valence-corrected chi connectivity index (χ0v) is 18.9. The molecule has 2 fully saturated rings. The normalized spacial score (nSPS) is 20.1. The summed E-state index contributed by atoms with van der Waals surface area (Å²) in [5.41, 5.74) is 2.43. The first-order valence-electron chi connectivity index (χ1n) is 11.3. The lowest BCUT2D eigenvalue weighted by Gasteiger charge is -2.15. The number of hydrogen-bond donors (Lipinski definition) is 2. The molecule has 5 rings (SSSR count). The highest BCUT2D eigenvalue weighted by atomic mass is 19.1. The fourth-order valence-electron chi connectivity index (χ4n) is 4.31. The number of aromatic nitrogens is 3. The largest absolute Gasteiger partial charge is 0.493 e. The molecule has 2 aliphatic rings. The number of rotatable bonds is 6. The third-order valence-electron chi connectivity index (χ3n) is 6.38. The number of halogens is 2. The summed E-state index contributed by atoms with van der Waals surface area (Å²) in [5.74, 6) is -0.167. The second-order valence-electron chi connectivity index (χ2n) is 8.99. The Hall–Kier alpha value is -3.56. The topological polar surface area (TPSA) is 100 Å². The van der Waals surface area contributed by atoms with Crippen molar-refractivity contribution in [3.63, 3.8) is 0 Å². The number of carbonyl (C=O) groups excluding carboxylic acids is 2. The van der Waals surface area contributed by atoms with E-state index in [9.17, 15) is 18.4 Å². The van der Waals surface area contributed by atoms with Crippen LogP contribution < -0.4 is 10.1 Å². The summed E-state index contributed by atoms with van der Waals surface area (Å²) in [4.78, 5) is 37.9. The second kappa shape index (κ2) is 8.66. The van der Waals surface area contributed by atoms with Gasteiger partial charge in [-0.1, -0.05) is 0 Å². The minimum absolute atomic E-state index is 0.0529. The highest BCUT2D eigenvalue weighted by Gasteiger charge is 2.36. The molecule has 1 aromatic carbocycles. The zero-order valence-electron chi connectivity index (χ0n) is 18.9. The Morgan fingerprint density at radius 3 is 2.76 bits per heavy atom. The average molecular weight is 469 g/mol. The fourth-order valence-corrected chi connectivity index (χ4v) is 4.31. The van der Waals surface area contributed by atoms with Gasteiger partial charge in [0.2, 0.25) is 5.91 Å². The molecular weight excluding hydrogens is 444 g/mol. The van der Waals surface area contributed by atoms with Crippen molar-refractivity contribution in [3.8, 4) is 17.0 Å². The number of hydrogen-bond acceptors (Lipinski definition) is 5. The standard InChI is InChI=1S/C24H25F2N5O3/c1-12-20(24(33)30-18-9-31(13(2)32)8-17(18)26)22-23(29-12)21(27-11-28-22)16-7-15(25)5-6-19(16)34-10-14-3-4-14/h5-7,11,14,17-18,29H,3-4,8-10H2,1-2H3,(H,30,33)/t17-,18+/m0/s1. The van der Waals surface area contributed by atoms with E-state index in [1.807, 2.05) is 0 Å². The maximum absolute atomic E-state index is 14.4. The van der Waals surface area contributed by atoms with Gasteiger partial charge < -0.3 is 19.9 Å². The number of likely N-dealkylation sites (tertiary alicyclic amines) is 1. The quantitative estimate of drug-likeness (QED) is 0.578. The van der Waals surface area contributed by atoms with Crippen LogP contribution in [-0.4, -0.2) is 63.6 Å². The summed E-state index contributed by atoms with van der Waals surface area (Å²) in [6, 6.07) is 3.45. The van der Waals surface area contributed by atoms with Crippen LogP contribution in [0.25, 0.3) is 22.3 Å². The van der Waals surface area contributed by atoms with Gasteiger partial charge in [0.15, 0.2) is 0 Å². The van der Waals surface area contributed by atoms with Crippen molar-refractivity contribution in [2.24, 2.45) is 5.92 Å². The van der Waals surface area contributed by atoms with E-state index >= 15 is 0 Å². The second-order valence-corrected chi connectivity index (χ2v) is 8.99. The molecule has 0 bridgehead atoms. The number of amides is 2. The Labute approximate surface area is 194 Å². The molecule has 8 nitrogen and oxygen atoms in total. The van der Waals surface area contributed by atoms with Gasteiger partial charge in [0.25, 0.3) is 5.91 Å². The number of ether oxygens (including phenoxy) is 1. The Morgan fingerprint density at radius 2 is 2.06 bits per heavy atom. The number of benzene rings is 1. The summed E-state index contributed by atoms with van der Waals surface area (Å²) in [7, 11) is 0. The van der Waals surface area contributed by atoms with Crippen LogP contribution in [0.5, 0.6) is 5.75 Å². The number of fused-ring (bicyclic) bond motifs is 1. The number of nitrogens with zero attached hydrogens (tertiary/aromatic N) is 3. The van der Waals surface area contributed by atoms with E-state index in [0.717, 1.165) is 12.8 Å². The molecule has 3 heterocycles. The molecule has 1 aliphatic carbocycles. The Kier molecular flexibility index (Phi) is 5.66.